The minimum absolute atomic E-state index is 0.158. The zero-order chi connectivity index (χ0) is 39.7. The maximum atomic E-state index is 6.67. The molecule has 0 radical (unpaired) electrons. The molecule has 4 nitrogen and oxygen atoms in total. The predicted molar refractivity (Wildman–Crippen MR) is 241 cm³/mol. The Morgan fingerprint density at radius 3 is 1.67 bits per heavy atom. The number of rotatable bonds is 3. The van der Waals surface area contributed by atoms with E-state index in [0.717, 1.165) is 78.2 Å². The van der Waals surface area contributed by atoms with Crippen molar-refractivity contribution < 1.29 is 9.15 Å². The monoisotopic (exact) mass is 768 g/mol. The standard InChI is InChI=1S/C56H36N2O2/c1-55(2)40-23-6-3-17-35(40)51-37(20-14-27-44(51)55)46-32-47(38-21-13-19-34-33-16-5-10-29-48(33)60-53(34)38)58-54(57-46)39-22-15-28-45-52(39)36-18-4-7-24-41(36)56(45)42-25-8-11-30-49(42)59-50-31-12-9-26-43(50)56/h3-32H,1-2H3. The molecule has 0 amide bonds. The van der Waals surface area contributed by atoms with Crippen LogP contribution in [0.2, 0.25) is 0 Å². The molecule has 10 aromatic rings. The fourth-order valence-corrected chi connectivity index (χ4v) is 10.8. The zero-order valence-corrected chi connectivity index (χ0v) is 33.0. The lowest BCUT2D eigenvalue weighted by molar-refractivity contribution is 0.436. The summed E-state index contributed by atoms with van der Waals surface area (Å²) in [6, 6.07) is 64.8. The van der Waals surface area contributed by atoms with Gasteiger partial charge in [0, 0.05) is 44.0 Å². The average Bonchev–Trinajstić information content (AvgIpc) is 3.91. The molecule has 2 aromatic heterocycles. The van der Waals surface area contributed by atoms with Crippen molar-refractivity contribution in [1.82, 2.24) is 9.97 Å². The van der Waals surface area contributed by atoms with E-state index in [1.807, 2.05) is 12.1 Å². The Morgan fingerprint density at radius 2 is 0.900 bits per heavy atom. The lowest BCUT2D eigenvalue weighted by Crippen LogP contribution is -2.32. The van der Waals surface area contributed by atoms with Gasteiger partial charge in [-0.05, 0) is 74.8 Å². The number of benzene rings is 8. The van der Waals surface area contributed by atoms with Gasteiger partial charge in [-0.2, -0.15) is 0 Å². The topological polar surface area (TPSA) is 48.2 Å². The third-order valence-corrected chi connectivity index (χ3v) is 13.4. The molecular weight excluding hydrogens is 733 g/mol. The van der Waals surface area contributed by atoms with Crippen LogP contribution >= 0.6 is 0 Å². The molecule has 282 valence electrons. The third-order valence-electron chi connectivity index (χ3n) is 13.4. The Bertz CT molecular complexity index is 3420. The molecule has 0 unspecified atom stereocenters. The molecule has 0 atom stereocenters. The Hall–Kier alpha value is -7.56. The van der Waals surface area contributed by atoms with E-state index < -0.39 is 5.41 Å². The largest absolute Gasteiger partial charge is 0.457 e. The molecule has 0 fully saturated rings. The first-order valence-corrected chi connectivity index (χ1v) is 20.7. The first-order valence-electron chi connectivity index (χ1n) is 20.7. The van der Waals surface area contributed by atoms with Crippen LogP contribution in [-0.2, 0) is 10.8 Å². The lowest BCUT2D eigenvalue weighted by Gasteiger charge is -2.39. The van der Waals surface area contributed by atoms with Crippen LogP contribution in [0.4, 0.5) is 0 Å². The summed E-state index contributed by atoms with van der Waals surface area (Å²) < 4.78 is 13.3. The summed E-state index contributed by atoms with van der Waals surface area (Å²) in [5, 5.41) is 2.15. The Morgan fingerprint density at radius 1 is 0.400 bits per heavy atom. The Labute approximate surface area is 347 Å². The first kappa shape index (κ1) is 33.4. The number of nitrogens with zero attached hydrogens (tertiary/aromatic N) is 2. The number of aromatic nitrogens is 2. The number of para-hydroxylation sites is 4. The van der Waals surface area contributed by atoms with Crippen LogP contribution in [0.25, 0.3) is 78.1 Å². The molecule has 0 N–H and O–H groups in total. The van der Waals surface area contributed by atoms with Gasteiger partial charge in [-0.3, -0.25) is 0 Å². The molecule has 1 spiro atoms. The number of ether oxygens (including phenoxy) is 1. The van der Waals surface area contributed by atoms with Gasteiger partial charge in [0.1, 0.15) is 22.7 Å². The lowest BCUT2D eigenvalue weighted by atomic mass is 9.66. The third kappa shape index (κ3) is 4.29. The van der Waals surface area contributed by atoms with E-state index in [2.05, 4.69) is 184 Å². The summed E-state index contributed by atoms with van der Waals surface area (Å²) in [5.41, 5.74) is 17.7. The molecule has 0 bridgehead atoms. The quantitative estimate of drug-likeness (QED) is 0.180. The van der Waals surface area contributed by atoms with Crippen molar-refractivity contribution in [1.29, 1.82) is 0 Å². The molecular formula is C56H36N2O2. The fraction of sp³-hybridized carbons (Fsp3) is 0.0714. The second kappa shape index (κ2) is 12.0. The first-order chi connectivity index (χ1) is 29.5. The van der Waals surface area contributed by atoms with Crippen LogP contribution < -0.4 is 4.74 Å². The summed E-state index contributed by atoms with van der Waals surface area (Å²) in [5.74, 6) is 2.39. The summed E-state index contributed by atoms with van der Waals surface area (Å²) in [6.45, 7) is 4.65. The molecule has 13 rings (SSSR count). The van der Waals surface area contributed by atoms with Crippen LogP contribution in [0.3, 0.4) is 0 Å². The van der Waals surface area contributed by atoms with Gasteiger partial charge >= 0.3 is 0 Å². The van der Waals surface area contributed by atoms with Crippen LogP contribution in [0.1, 0.15) is 47.2 Å². The number of hydrogen-bond donors (Lipinski definition) is 0. The molecule has 2 aliphatic carbocycles. The van der Waals surface area contributed by atoms with E-state index in [0.29, 0.717) is 5.82 Å². The summed E-state index contributed by atoms with van der Waals surface area (Å²) in [4.78, 5) is 11.2. The van der Waals surface area contributed by atoms with E-state index in [4.69, 9.17) is 19.1 Å². The number of furan rings is 1. The van der Waals surface area contributed by atoms with Gasteiger partial charge in [-0.25, -0.2) is 9.97 Å². The van der Waals surface area contributed by atoms with Crippen LogP contribution in [-0.4, -0.2) is 9.97 Å². The number of hydrogen-bond acceptors (Lipinski definition) is 4. The summed E-state index contributed by atoms with van der Waals surface area (Å²) in [7, 11) is 0. The van der Waals surface area contributed by atoms with E-state index in [1.165, 1.54) is 38.9 Å². The SMILES string of the molecule is CC1(C)c2ccccc2-c2c(-c3cc(-c4cccc5c4oc4ccccc45)nc(-c4cccc5c4-c4ccccc4C54c5ccccc5Oc5ccccc54)n3)cccc21. The maximum Gasteiger partial charge on any atom is 0.161 e. The van der Waals surface area contributed by atoms with E-state index in [1.54, 1.807) is 0 Å². The van der Waals surface area contributed by atoms with Crippen molar-refractivity contribution >= 4 is 21.9 Å². The highest BCUT2D eigenvalue weighted by Crippen LogP contribution is 2.63. The molecule has 60 heavy (non-hydrogen) atoms. The van der Waals surface area contributed by atoms with Crippen molar-refractivity contribution in [2.75, 3.05) is 0 Å². The summed E-state index contributed by atoms with van der Waals surface area (Å²) >= 11 is 0. The second-order valence-corrected chi connectivity index (χ2v) is 16.8. The van der Waals surface area contributed by atoms with Gasteiger partial charge in [0.15, 0.2) is 5.82 Å². The highest BCUT2D eigenvalue weighted by Gasteiger charge is 2.51. The summed E-state index contributed by atoms with van der Waals surface area (Å²) in [6.07, 6.45) is 0. The van der Waals surface area contributed by atoms with Crippen molar-refractivity contribution in [2.45, 2.75) is 24.7 Å². The zero-order valence-electron chi connectivity index (χ0n) is 33.0. The highest BCUT2D eigenvalue weighted by molar-refractivity contribution is 6.09. The predicted octanol–water partition coefficient (Wildman–Crippen LogP) is 14.2. The van der Waals surface area contributed by atoms with Crippen molar-refractivity contribution in [3.05, 3.63) is 215 Å². The molecule has 3 aliphatic rings. The molecule has 1 aliphatic heterocycles. The molecule has 0 saturated carbocycles. The Kier molecular flexibility index (Phi) is 6.68. The van der Waals surface area contributed by atoms with Gasteiger partial charge in [0.05, 0.1) is 16.8 Å². The van der Waals surface area contributed by atoms with Crippen LogP contribution in [0.5, 0.6) is 11.5 Å². The van der Waals surface area contributed by atoms with E-state index in [-0.39, 0.29) is 5.41 Å². The van der Waals surface area contributed by atoms with E-state index in [9.17, 15) is 0 Å². The van der Waals surface area contributed by atoms with E-state index >= 15 is 0 Å². The van der Waals surface area contributed by atoms with Crippen LogP contribution in [0, 0.1) is 0 Å². The second-order valence-electron chi connectivity index (χ2n) is 16.8. The Balaban J connectivity index is 1.13. The van der Waals surface area contributed by atoms with Gasteiger partial charge in [0.2, 0.25) is 0 Å². The van der Waals surface area contributed by atoms with Crippen molar-refractivity contribution in [2.24, 2.45) is 0 Å². The maximum absolute atomic E-state index is 6.67. The fourth-order valence-electron chi connectivity index (χ4n) is 10.8. The van der Waals surface area contributed by atoms with Crippen molar-refractivity contribution in [3.8, 4) is 67.7 Å². The molecule has 0 saturated heterocycles. The molecule has 8 aromatic carbocycles. The smallest absolute Gasteiger partial charge is 0.161 e. The van der Waals surface area contributed by atoms with Gasteiger partial charge < -0.3 is 9.15 Å². The highest BCUT2D eigenvalue weighted by atomic mass is 16.5. The normalized spacial score (nSPS) is 14.6. The number of fused-ring (bicyclic) bond motifs is 15. The van der Waals surface area contributed by atoms with Crippen molar-refractivity contribution in [3.63, 3.8) is 0 Å². The van der Waals surface area contributed by atoms with Crippen LogP contribution in [0.15, 0.2) is 186 Å². The average molecular weight is 769 g/mol. The van der Waals surface area contributed by atoms with Gasteiger partial charge in [-0.1, -0.05) is 166 Å². The minimum atomic E-state index is -0.608. The van der Waals surface area contributed by atoms with Gasteiger partial charge in [0.25, 0.3) is 0 Å². The molecule has 4 heteroatoms. The minimum Gasteiger partial charge on any atom is -0.457 e. The molecule has 3 heterocycles. The van der Waals surface area contributed by atoms with Gasteiger partial charge in [-0.15, -0.1) is 0 Å².